The van der Waals surface area contributed by atoms with Gasteiger partial charge >= 0.3 is 0 Å². The van der Waals surface area contributed by atoms with Gasteiger partial charge in [0, 0.05) is 19.8 Å². The highest BCUT2D eigenvalue weighted by Gasteiger charge is 2.23. The summed E-state index contributed by atoms with van der Waals surface area (Å²) in [5.41, 5.74) is 0. The van der Waals surface area contributed by atoms with Crippen LogP contribution in [0.1, 0.15) is 26.2 Å². The van der Waals surface area contributed by atoms with Crippen molar-refractivity contribution in [2.24, 2.45) is 11.8 Å². The third kappa shape index (κ3) is 3.67. The molecule has 0 aliphatic heterocycles. The molecule has 1 aromatic heterocycles. The van der Waals surface area contributed by atoms with Gasteiger partial charge in [0.25, 0.3) is 0 Å². The first-order valence-electron chi connectivity index (χ1n) is 6.64. The summed E-state index contributed by atoms with van der Waals surface area (Å²) in [6, 6.07) is 3.23. The lowest BCUT2D eigenvalue weighted by atomic mass is 10.1. The van der Waals surface area contributed by atoms with Crippen molar-refractivity contribution in [1.29, 1.82) is 0 Å². The minimum Gasteiger partial charge on any atom is -0.373 e. The largest absolute Gasteiger partial charge is 0.373 e. The van der Waals surface area contributed by atoms with E-state index >= 15 is 0 Å². The van der Waals surface area contributed by atoms with Crippen molar-refractivity contribution in [1.82, 2.24) is 9.71 Å². The minimum absolute atomic E-state index is 0.220. The molecule has 1 saturated carbocycles. The topological polar surface area (TPSA) is 71.1 Å². The van der Waals surface area contributed by atoms with Gasteiger partial charge in [-0.15, -0.1) is 0 Å². The van der Waals surface area contributed by atoms with Crippen molar-refractivity contribution in [2.75, 3.05) is 18.9 Å². The van der Waals surface area contributed by atoms with E-state index in [-0.39, 0.29) is 4.90 Å². The van der Waals surface area contributed by atoms with E-state index in [0.29, 0.717) is 24.2 Å². The molecule has 0 radical (unpaired) electrons. The van der Waals surface area contributed by atoms with Gasteiger partial charge in [0.05, 0.1) is 0 Å². The van der Waals surface area contributed by atoms with Crippen molar-refractivity contribution < 1.29 is 8.42 Å². The Bertz CT molecular complexity index is 513. The Kier molecular flexibility index (Phi) is 4.42. The summed E-state index contributed by atoms with van der Waals surface area (Å²) in [5, 5.41) is 2.86. The first-order valence-corrected chi connectivity index (χ1v) is 8.13. The molecule has 0 saturated heterocycles. The number of sulfonamides is 1. The summed E-state index contributed by atoms with van der Waals surface area (Å²) < 4.78 is 26.9. The van der Waals surface area contributed by atoms with Gasteiger partial charge in [0.15, 0.2) is 0 Å². The fraction of sp³-hybridized carbons (Fsp3) is 0.615. The maximum Gasteiger partial charge on any atom is 0.242 e. The summed E-state index contributed by atoms with van der Waals surface area (Å²) >= 11 is 0. The van der Waals surface area contributed by atoms with Gasteiger partial charge in [0.2, 0.25) is 10.0 Å². The second-order valence-corrected chi connectivity index (χ2v) is 7.03. The van der Waals surface area contributed by atoms with E-state index in [4.69, 9.17) is 0 Å². The molecule has 1 aromatic rings. The zero-order valence-electron chi connectivity index (χ0n) is 11.4. The van der Waals surface area contributed by atoms with Crippen LogP contribution < -0.4 is 10.0 Å². The predicted molar refractivity (Wildman–Crippen MR) is 75.5 cm³/mol. The zero-order valence-corrected chi connectivity index (χ0v) is 12.2. The molecule has 0 aromatic carbocycles. The minimum atomic E-state index is -3.43. The second-order valence-electron chi connectivity index (χ2n) is 5.27. The average Bonchev–Trinajstić information content (AvgIpc) is 2.82. The summed E-state index contributed by atoms with van der Waals surface area (Å²) in [7, 11) is -1.68. The Hall–Kier alpha value is -1.14. The van der Waals surface area contributed by atoms with Gasteiger partial charge in [-0.25, -0.2) is 18.1 Å². The molecule has 2 N–H and O–H groups in total. The lowest BCUT2D eigenvalue weighted by Gasteiger charge is -2.11. The third-order valence-corrected chi connectivity index (χ3v) is 5.08. The molecule has 106 valence electrons. The van der Waals surface area contributed by atoms with Crippen LogP contribution in [-0.4, -0.2) is 27.0 Å². The summed E-state index contributed by atoms with van der Waals surface area (Å²) in [5.74, 6) is 1.84. The Morgan fingerprint density at radius 3 is 2.68 bits per heavy atom. The number of hydrogen-bond donors (Lipinski definition) is 2. The van der Waals surface area contributed by atoms with E-state index in [0.717, 1.165) is 12.8 Å². The maximum absolute atomic E-state index is 12.1. The average molecular weight is 283 g/mol. The number of rotatable bonds is 5. The van der Waals surface area contributed by atoms with Crippen LogP contribution in [0.4, 0.5) is 5.82 Å². The molecule has 2 rings (SSSR count). The number of aromatic nitrogens is 1. The fourth-order valence-corrected chi connectivity index (χ4v) is 3.57. The van der Waals surface area contributed by atoms with E-state index < -0.39 is 10.0 Å². The van der Waals surface area contributed by atoms with E-state index in [9.17, 15) is 8.42 Å². The first-order chi connectivity index (χ1) is 9.01. The number of hydrogen-bond acceptors (Lipinski definition) is 4. The molecule has 6 heteroatoms. The highest BCUT2D eigenvalue weighted by atomic mass is 32.2. The quantitative estimate of drug-likeness (QED) is 0.865. The molecule has 5 nitrogen and oxygen atoms in total. The summed E-state index contributed by atoms with van der Waals surface area (Å²) in [6.45, 7) is 2.75. The van der Waals surface area contributed by atoms with Crippen LogP contribution in [0.2, 0.25) is 0 Å². The second kappa shape index (κ2) is 5.88. The smallest absolute Gasteiger partial charge is 0.242 e. The van der Waals surface area contributed by atoms with E-state index in [1.165, 1.54) is 12.6 Å². The van der Waals surface area contributed by atoms with Gasteiger partial charge in [-0.05, 0) is 36.8 Å². The molecule has 1 fully saturated rings. The van der Waals surface area contributed by atoms with Gasteiger partial charge in [0.1, 0.15) is 10.7 Å². The molecular weight excluding hydrogens is 262 g/mol. The number of anilines is 1. The maximum atomic E-state index is 12.1. The number of nitrogens with zero attached hydrogens (tertiary/aromatic N) is 1. The van der Waals surface area contributed by atoms with Crippen LogP contribution in [0, 0.1) is 11.8 Å². The lowest BCUT2D eigenvalue weighted by molar-refractivity contribution is 0.498. The molecule has 2 atom stereocenters. The van der Waals surface area contributed by atoms with Crippen molar-refractivity contribution in [3.63, 3.8) is 0 Å². The van der Waals surface area contributed by atoms with Crippen molar-refractivity contribution in [3.05, 3.63) is 18.3 Å². The van der Waals surface area contributed by atoms with Gasteiger partial charge in [-0.3, -0.25) is 0 Å². The standard InChI is InChI=1S/C13H21N3O2S/c1-10-3-4-11(7-10)8-16-19(17,18)12-5-6-13(14-2)15-9-12/h5-6,9-11,16H,3-4,7-8H2,1-2H3,(H,14,15). The Balaban J connectivity index is 1.97. The van der Waals surface area contributed by atoms with Gasteiger partial charge < -0.3 is 5.32 Å². The van der Waals surface area contributed by atoms with Gasteiger partial charge in [-0.2, -0.15) is 0 Å². The SMILES string of the molecule is CNc1ccc(S(=O)(=O)NCC2CCC(C)C2)cn1. The van der Waals surface area contributed by atoms with Crippen LogP contribution in [0.15, 0.2) is 23.2 Å². The Morgan fingerprint density at radius 1 is 1.37 bits per heavy atom. The van der Waals surface area contributed by atoms with Crippen LogP contribution >= 0.6 is 0 Å². The van der Waals surface area contributed by atoms with E-state index in [2.05, 4.69) is 21.9 Å². The molecule has 1 aliphatic rings. The normalized spacial score (nSPS) is 23.5. The van der Waals surface area contributed by atoms with E-state index in [1.54, 1.807) is 19.2 Å². The zero-order chi connectivity index (χ0) is 13.9. The van der Waals surface area contributed by atoms with Crippen LogP contribution in [-0.2, 0) is 10.0 Å². The molecule has 0 spiro atoms. The fourth-order valence-electron chi connectivity index (χ4n) is 2.51. The van der Waals surface area contributed by atoms with Gasteiger partial charge in [-0.1, -0.05) is 13.3 Å². The molecule has 0 amide bonds. The molecule has 2 unspecified atom stereocenters. The summed E-state index contributed by atoms with van der Waals surface area (Å²) in [6.07, 6.45) is 4.80. The molecule has 1 aliphatic carbocycles. The first kappa shape index (κ1) is 14.3. The van der Waals surface area contributed by atoms with Crippen LogP contribution in [0.5, 0.6) is 0 Å². The van der Waals surface area contributed by atoms with Crippen molar-refractivity contribution >= 4 is 15.8 Å². The van der Waals surface area contributed by atoms with Crippen molar-refractivity contribution in [3.8, 4) is 0 Å². The molecule has 19 heavy (non-hydrogen) atoms. The monoisotopic (exact) mass is 283 g/mol. The number of nitrogens with one attached hydrogen (secondary N) is 2. The van der Waals surface area contributed by atoms with Crippen LogP contribution in [0.25, 0.3) is 0 Å². The highest BCUT2D eigenvalue weighted by molar-refractivity contribution is 7.89. The lowest BCUT2D eigenvalue weighted by Crippen LogP contribution is -2.28. The Labute approximate surface area is 114 Å². The van der Waals surface area contributed by atoms with E-state index in [1.807, 2.05) is 0 Å². The molecule has 0 bridgehead atoms. The Morgan fingerprint density at radius 2 is 2.16 bits per heavy atom. The third-order valence-electron chi connectivity index (χ3n) is 3.67. The predicted octanol–water partition coefficient (Wildman–Crippen LogP) is 1.84. The molecular formula is C13H21N3O2S. The molecule has 1 heterocycles. The van der Waals surface area contributed by atoms with Crippen LogP contribution in [0.3, 0.4) is 0 Å². The summed E-state index contributed by atoms with van der Waals surface area (Å²) in [4.78, 5) is 4.24. The number of pyridine rings is 1. The highest BCUT2D eigenvalue weighted by Crippen LogP contribution is 2.29. The van der Waals surface area contributed by atoms with Crippen molar-refractivity contribution in [2.45, 2.75) is 31.1 Å².